The van der Waals surface area contributed by atoms with E-state index in [0.29, 0.717) is 36.0 Å². The number of carbonyl (C=O) groups is 1. The molecule has 4 aromatic rings. The minimum Gasteiger partial charge on any atom is -0.493 e. The lowest BCUT2D eigenvalue weighted by atomic mass is 10.2. The Morgan fingerprint density at radius 2 is 1.44 bits per heavy atom. The van der Waals surface area contributed by atoms with E-state index in [-0.39, 0.29) is 5.91 Å². The maximum absolute atomic E-state index is 12.8. The van der Waals surface area contributed by atoms with Gasteiger partial charge in [0.1, 0.15) is 19.0 Å². The third-order valence-corrected chi connectivity index (χ3v) is 6.03. The maximum Gasteiger partial charge on any atom is 0.275 e. The number of nitrogens with zero attached hydrogens (tertiary/aromatic N) is 1. The number of para-hydroxylation sites is 1. The van der Waals surface area contributed by atoms with Crippen LogP contribution in [0.5, 0.6) is 17.2 Å². The first kappa shape index (κ1) is 25.2. The summed E-state index contributed by atoms with van der Waals surface area (Å²) >= 11 is 2.20. The Balaban J connectivity index is 1.41. The molecule has 1 N–H and O–H groups in total. The molecule has 0 atom stereocenters. The molecular weight excluding hydrogens is 567 g/mol. The molecule has 0 aliphatic carbocycles. The first-order chi connectivity index (χ1) is 17.6. The summed E-state index contributed by atoms with van der Waals surface area (Å²) in [6, 6.07) is 30.5. The van der Waals surface area contributed by atoms with Gasteiger partial charge in [-0.1, -0.05) is 72.8 Å². The van der Waals surface area contributed by atoms with Gasteiger partial charge >= 0.3 is 0 Å². The normalized spacial score (nSPS) is 10.7. The van der Waals surface area contributed by atoms with Gasteiger partial charge in [0, 0.05) is 0 Å². The predicted molar refractivity (Wildman–Crippen MR) is 149 cm³/mol. The molecule has 4 rings (SSSR count). The van der Waals surface area contributed by atoms with Crippen molar-refractivity contribution in [2.24, 2.45) is 5.10 Å². The molecule has 0 heterocycles. The molecule has 0 bridgehead atoms. The van der Waals surface area contributed by atoms with E-state index in [1.807, 2.05) is 78.9 Å². The van der Waals surface area contributed by atoms with E-state index in [1.54, 1.807) is 31.5 Å². The molecule has 0 aliphatic heterocycles. The van der Waals surface area contributed by atoms with Crippen LogP contribution in [-0.4, -0.2) is 19.2 Å². The number of hydrogen-bond acceptors (Lipinski definition) is 5. The number of rotatable bonds is 10. The SMILES string of the molecule is COc1cc(/C=N/NC(=O)c2ccccc2OCc2ccccc2)cc(I)c1OCc1ccccc1. The van der Waals surface area contributed by atoms with Gasteiger partial charge in [-0.2, -0.15) is 5.10 Å². The Morgan fingerprint density at radius 3 is 2.11 bits per heavy atom. The minimum absolute atomic E-state index is 0.362. The fourth-order valence-corrected chi connectivity index (χ4v) is 4.21. The number of hydrazone groups is 1. The molecule has 7 heteroatoms. The maximum atomic E-state index is 12.8. The van der Waals surface area contributed by atoms with Crippen molar-refractivity contribution in [1.82, 2.24) is 5.43 Å². The van der Waals surface area contributed by atoms with Gasteiger partial charge in [0.2, 0.25) is 0 Å². The van der Waals surface area contributed by atoms with E-state index < -0.39 is 0 Å². The summed E-state index contributed by atoms with van der Waals surface area (Å²) in [6.07, 6.45) is 1.57. The van der Waals surface area contributed by atoms with Gasteiger partial charge in [-0.15, -0.1) is 0 Å². The van der Waals surface area contributed by atoms with Gasteiger partial charge in [0.05, 0.1) is 22.5 Å². The topological polar surface area (TPSA) is 69.2 Å². The molecule has 1 amide bonds. The van der Waals surface area contributed by atoms with Crippen LogP contribution in [0.1, 0.15) is 27.0 Å². The average Bonchev–Trinajstić information content (AvgIpc) is 2.92. The van der Waals surface area contributed by atoms with Gasteiger partial charge in [-0.05, 0) is 63.5 Å². The molecule has 0 aromatic heterocycles. The average molecular weight is 592 g/mol. The Morgan fingerprint density at radius 1 is 0.833 bits per heavy atom. The van der Waals surface area contributed by atoms with E-state index in [0.717, 1.165) is 20.3 Å². The number of amides is 1. The summed E-state index contributed by atoms with van der Waals surface area (Å²) in [4.78, 5) is 12.8. The first-order valence-electron chi connectivity index (χ1n) is 11.3. The van der Waals surface area contributed by atoms with Crippen LogP contribution < -0.4 is 19.6 Å². The molecule has 0 unspecified atom stereocenters. The van der Waals surface area contributed by atoms with Crippen LogP contribution in [0, 0.1) is 3.57 Å². The number of halogens is 1. The highest BCUT2D eigenvalue weighted by molar-refractivity contribution is 14.1. The number of benzene rings is 4. The number of methoxy groups -OCH3 is 1. The molecule has 6 nitrogen and oxygen atoms in total. The van der Waals surface area contributed by atoms with Gasteiger partial charge < -0.3 is 14.2 Å². The van der Waals surface area contributed by atoms with Crippen molar-refractivity contribution in [1.29, 1.82) is 0 Å². The highest BCUT2D eigenvalue weighted by Crippen LogP contribution is 2.34. The van der Waals surface area contributed by atoms with E-state index in [9.17, 15) is 4.79 Å². The number of hydrogen-bond donors (Lipinski definition) is 1. The van der Waals surface area contributed by atoms with E-state index in [1.165, 1.54) is 0 Å². The van der Waals surface area contributed by atoms with Crippen LogP contribution in [-0.2, 0) is 13.2 Å². The quantitative estimate of drug-likeness (QED) is 0.135. The fourth-order valence-electron chi connectivity index (χ4n) is 3.43. The van der Waals surface area contributed by atoms with Crippen molar-refractivity contribution in [2.75, 3.05) is 7.11 Å². The van der Waals surface area contributed by atoms with Crippen molar-refractivity contribution < 1.29 is 19.0 Å². The highest BCUT2D eigenvalue weighted by atomic mass is 127. The summed E-state index contributed by atoms with van der Waals surface area (Å²) in [5.74, 6) is 1.38. The van der Waals surface area contributed by atoms with Crippen LogP contribution in [0.25, 0.3) is 0 Å². The second-order valence-corrected chi connectivity index (χ2v) is 8.94. The molecular formula is C29H25IN2O4. The summed E-state index contributed by atoms with van der Waals surface area (Å²) in [6.45, 7) is 0.799. The minimum atomic E-state index is -0.362. The zero-order valence-electron chi connectivity index (χ0n) is 19.7. The first-order valence-corrected chi connectivity index (χ1v) is 12.4. The Hall–Kier alpha value is -3.85. The molecule has 0 fully saturated rings. The van der Waals surface area contributed by atoms with Crippen molar-refractivity contribution in [3.8, 4) is 17.2 Å². The van der Waals surface area contributed by atoms with Gasteiger partial charge in [0.25, 0.3) is 5.91 Å². The number of carbonyl (C=O) groups excluding carboxylic acids is 1. The lowest BCUT2D eigenvalue weighted by Gasteiger charge is -2.13. The van der Waals surface area contributed by atoms with Crippen LogP contribution in [0.4, 0.5) is 0 Å². The molecule has 36 heavy (non-hydrogen) atoms. The Kier molecular flexibility index (Phi) is 8.93. The van der Waals surface area contributed by atoms with Crippen LogP contribution in [0.3, 0.4) is 0 Å². The summed E-state index contributed by atoms with van der Waals surface area (Å²) in [7, 11) is 1.59. The van der Waals surface area contributed by atoms with Gasteiger partial charge in [-0.25, -0.2) is 5.43 Å². The lowest BCUT2D eigenvalue weighted by Crippen LogP contribution is -2.18. The third kappa shape index (κ3) is 6.85. The van der Waals surface area contributed by atoms with Crippen molar-refractivity contribution >= 4 is 34.7 Å². The predicted octanol–water partition coefficient (Wildman–Crippen LogP) is 6.22. The molecule has 0 spiro atoms. The zero-order valence-corrected chi connectivity index (χ0v) is 21.8. The Labute approximate surface area is 224 Å². The molecule has 182 valence electrons. The van der Waals surface area contributed by atoms with Crippen molar-refractivity contribution in [3.05, 3.63) is 123 Å². The van der Waals surface area contributed by atoms with Gasteiger partial charge in [-0.3, -0.25) is 4.79 Å². The monoisotopic (exact) mass is 592 g/mol. The third-order valence-electron chi connectivity index (χ3n) is 5.23. The smallest absolute Gasteiger partial charge is 0.275 e. The highest BCUT2D eigenvalue weighted by Gasteiger charge is 2.13. The number of nitrogens with one attached hydrogen (secondary N) is 1. The van der Waals surface area contributed by atoms with Crippen LogP contribution in [0.2, 0.25) is 0 Å². The van der Waals surface area contributed by atoms with Gasteiger partial charge in [0.15, 0.2) is 11.5 Å². The largest absolute Gasteiger partial charge is 0.493 e. The molecule has 4 aromatic carbocycles. The fraction of sp³-hybridized carbons (Fsp3) is 0.103. The summed E-state index contributed by atoms with van der Waals surface area (Å²) in [5, 5.41) is 4.14. The molecule has 0 aliphatic rings. The van der Waals surface area contributed by atoms with E-state index in [2.05, 4.69) is 33.1 Å². The van der Waals surface area contributed by atoms with Crippen LogP contribution in [0.15, 0.2) is 102 Å². The zero-order chi connectivity index (χ0) is 25.2. The lowest BCUT2D eigenvalue weighted by molar-refractivity contribution is 0.0950. The second kappa shape index (κ2) is 12.7. The van der Waals surface area contributed by atoms with E-state index in [4.69, 9.17) is 14.2 Å². The molecule has 0 radical (unpaired) electrons. The van der Waals surface area contributed by atoms with Crippen molar-refractivity contribution in [3.63, 3.8) is 0 Å². The molecule has 0 saturated heterocycles. The summed E-state index contributed by atoms with van der Waals surface area (Å²) < 4.78 is 18.3. The molecule has 0 saturated carbocycles. The summed E-state index contributed by atoms with van der Waals surface area (Å²) in [5.41, 5.74) is 5.83. The Bertz CT molecular complexity index is 1330. The van der Waals surface area contributed by atoms with Crippen molar-refractivity contribution in [2.45, 2.75) is 13.2 Å². The van der Waals surface area contributed by atoms with Crippen LogP contribution >= 0.6 is 22.6 Å². The standard InChI is InChI=1S/C29H25IN2O4/c1-34-27-17-23(16-25(30)28(27)36-20-22-12-6-3-7-13-22)18-31-32-29(33)24-14-8-9-15-26(24)35-19-21-10-4-2-5-11-21/h2-18H,19-20H2,1H3,(H,32,33)/b31-18+. The number of ether oxygens (including phenoxy) is 3. The second-order valence-electron chi connectivity index (χ2n) is 7.78. The van der Waals surface area contributed by atoms with E-state index >= 15 is 0 Å².